The first kappa shape index (κ1) is 30.2. The Kier molecular flexibility index (Phi) is 9.71. The van der Waals surface area contributed by atoms with Crippen LogP contribution in [-0.4, -0.2) is 101 Å². The summed E-state index contributed by atoms with van der Waals surface area (Å²) in [4.78, 5) is 22.6. The van der Waals surface area contributed by atoms with Crippen LogP contribution in [-0.2, 0) is 6.18 Å². The monoisotopic (exact) mass is 564 g/mol. The van der Waals surface area contributed by atoms with Crippen molar-refractivity contribution in [2.45, 2.75) is 57.5 Å². The summed E-state index contributed by atoms with van der Waals surface area (Å²) in [5, 5.41) is 19.3. The van der Waals surface area contributed by atoms with Gasteiger partial charge in [0, 0.05) is 51.0 Å². The van der Waals surface area contributed by atoms with Crippen molar-refractivity contribution in [3.05, 3.63) is 58.4 Å². The number of hydrogen-bond acceptors (Lipinski definition) is 7. The number of fused-ring (bicyclic) bond motifs is 1. The van der Waals surface area contributed by atoms with Gasteiger partial charge in [-0.1, -0.05) is 6.07 Å². The maximum Gasteiger partial charge on any atom is 0.433 e. The number of rotatable bonds is 9. The summed E-state index contributed by atoms with van der Waals surface area (Å²) in [6, 6.07) is 6.49. The fourth-order valence-corrected chi connectivity index (χ4v) is 5.83. The number of aliphatic hydroxyl groups excluding tert-OH is 2. The summed E-state index contributed by atoms with van der Waals surface area (Å²) >= 11 is 0. The Labute approximate surface area is 233 Å². The Morgan fingerprint density at radius 2 is 1.95 bits per heavy atom. The van der Waals surface area contributed by atoms with Crippen LogP contribution in [0.3, 0.4) is 0 Å². The number of aliphatic hydroxyl groups is 2. The Balaban J connectivity index is 1.40. The number of pyridine rings is 1. The van der Waals surface area contributed by atoms with E-state index in [4.69, 9.17) is 9.84 Å². The summed E-state index contributed by atoms with van der Waals surface area (Å²) in [5.74, 6) is 0.444. The molecule has 2 fully saturated rings. The summed E-state index contributed by atoms with van der Waals surface area (Å²) in [6.07, 6.45) is -1.22. The second-order valence-corrected chi connectivity index (χ2v) is 10.9. The lowest BCUT2D eigenvalue weighted by molar-refractivity contribution is -0.141. The number of carbonyl (C=O) groups excluding carboxylic acids is 1. The van der Waals surface area contributed by atoms with Gasteiger partial charge in [-0.2, -0.15) is 13.2 Å². The highest BCUT2D eigenvalue weighted by Gasteiger charge is 2.38. The molecule has 2 saturated heterocycles. The molecule has 1 unspecified atom stereocenters. The Morgan fingerprint density at radius 1 is 1.18 bits per heavy atom. The van der Waals surface area contributed by atoms with E-state index in [1.807, 2.05) is 24.9 Å². The quantitative estimate of drug-likeness (QED) is 0.483. The zero-order valence-electron chi connectivity index (χ0n) is 23.3. The van der Waals surface area contributed by atoms with Crippen LogP contribution < -0.4 is 4.74 Å². The molecule has 0 spiro atoms. The van der Waals surface area contributed by atoms with Gasteiger partial charge in [0.2, 0.25) is 0 Å². The highest BCUT2D eigenvalue weighted by molar-refractivity contribution is 5.94. The van der Waals surface area contributed by atoms with Crippen molar-refractivity contribution < 1.29 is 32.9 Å². The maximum atomic E-state index is 13.1. The van der Waals surface area contributed by atoms with Gasteiger partial charge in [0.25, 0.3) is 5.91 Å². The van der Waals surface area contributed by atoms with E-state index in [1.54, 1.807) is 4.90 Å². The van der Waals surface area contributed by atoms with Crippen molar-refractivity contribution in [2.75, 3.05) is 53.0 Å². The zero-order chi connectivity index (χ0) is 29.0. The van der Waals surface area contributed by atoms with Gasteiger partial charge in [-0.15, -0.1) is 0 Å². The molecule has 220 valence electrons. The van der Waals surface area contributed by atoms with Crippen molar-refractivity contribution >= 4 is 5.91 Å². The highest BCUT2D eigenvalue weighted by atomic mass is 19.4. The van der Waals surface area contributed by atoms with Gasteiger partial charge in [0.05, 0.1) is 12.2 Å². The number of aromatic nitrogens is 1. The summed E-state index contributed by atoms with van der Waals surface area (Å²) in [6.45, 7) is 6.90. The van der Waals surface area contributed by atoms with Gasteiger partial charge in [-0.3, -0.25) is 14.7 Å². The van der Waals surface area contributed by atoms with Gasteiger partial charge in [0.15, 0.2) is 0 Å². The van der Waals surface area contributed by atoms with Crippen LogP contribution in [0.25, 0.3) is 0 Å². The summed E-state index contributed by atoms with van der Waals surface area (Å²) in [7, 11) is 1.84. The van der Waals surface area contributed by atoms with E-state index < -0.39 is 18.0 Å². The molecule has 1 amide bonds. The maximum absolute atomic E-state index is 13.1. The summed E-state index contributed by atoms with van der Waals surface area (Å²) < 4.78 is 44.5. The molecule has 0 bridgehead atoms. The minimum absolute atomic E-state index is 0.0356. The number of hydrogen-bond donors (Lipinski definition) is 2. The van der Waals surface area contributed by atoms with Crippen LogP contribution in [0.1, 0.15) is 58.0 Å². The van der Waals surface area contributed by atoms with E-state index in [1.165, 1.54) is 11.6 Å². The molecule has 2 aliphatic rings. The minimum atomic E-state index is -4.54. The molecule has 3 heterocycles. The first-order chi connectivity index (χ1) is 19.0. The van der Waals surface area contributed by atoms with Crippen LogP contribution in [0, 0.1) is 13.8 Å². The lowest BCUT2D eigenvalue weighted by Crippen LogP contribution is -2.57. The van der Waals surface area contributed by atoms with Crippen LogP contribution in [0.5, 0.6) is 5.75 Å². The first-order valence-electron chi connectivity index (χ1n) is 13.8. The number of nitrogens with zero attached hydrogens (tertiary/aromatic N) is 4. The molecular formula is C29H39F3N4O4. The number of piperazine rings is 1. The number of halogens is 3. The molecule has 1 aromatic carbocycles. The predicted octanol–water partition coefficient (Wildman–Crippen LogP) is 3.43. The lowest BCUT2D eigenvalue weighted by atomic mass is 9.86. The third kappa shape index (κ3) is 6.94. The number of piperidine rings is 1. The molecule has 2 aliphatic heterocycles. The fourth-order valence-electron chi connectivity index (χ4n) is 5.83. The third-order valence-electron chi connectivity index (χ3n) is 8.11. The first-order valence-corrected chi connectivity index (χ1v) is 13.8. The second-order valence-electron chi connectivity index (χ2n) is 10.9. The predicted molar refractivity (Wildman–Crippen MR) is 144 cm³/mol. The SMILES string of the molecule is Cc1c(OC[C@@H](O)CN(C)CCO)ccc([C@H]2CCCC3CN(C(=O)c4ccc(C(F)(F)F)nc4)CCN32)c1C. The smallest absolute Gasteiger partial charge is 0.433 e. The number of alkyl halides is 3. The van der Waals surface area contributed by atoms with E-state index >= 15 is 0 Å². The number of carbonyl (C=O) groups is 1. The van der Waals surface area contributed by atoms with Gasteiger partial charge < -0.3 is 24.7 Å². The van der Waals surface area contributed by atoms with Gasteiger partial charge in [0.1, 0.15) is 24.2 Å². The van der Waals surface area contributed by atoms with Crippen LogP contribution >= 0.6 is 0 Å². The molecule has 4 rings (SSSR count). The standard InChI is InChI=1S/C29H39F3N4O4/c1-19-20(2)26(40-18-23(38)17-34(3)13-14-37)9-8-24(19)25-6-4-5-22-16-35(11-12-36(22)25)28(39)21-7-10-27(33-15-21)29(30,31)32/h7-10,15,22-23,25,37-38H,4-6,11-14,16-18H2,1-3H3/t22?,23-,25+/m0/s1. The Morgan fingerprint density at radius 3 is 2.62 bits per heavy atom. The summed E-state index contributed by atoms with van der Waals surface area (Å²) in [5.41, 5.74) is 2.56. The average molecular weight is 565 g/mol. The van der Waals surface area contributed by atoms with E-state index in [0.717, 1.165) is 48.4 Å². The Hall–Kier alpha value is -2.73. The van der Waals surface area contributed by atoms with E-state index in [0.29, 0.717) is 32.7 Å². The van der Waals surface area contributed by atoms with E-state index in [-0.39, 0.29) is 36.8 Å². The molecule has 8 nitrogen and oxygen atoms in total. The molecule has 2 aromatic rings. The van der Waals surface area contributed by atoms with Gasteiger partial charge in [-0.25, -0.2) is 0 Å². The Bertz CT molecular complexity index is 1160. The van der Waals surface area contributed by atoms with Crippen LogP contribution in [0.4, 0.5) is 13.2 Å². The van der Waals surface area contributed by atoms with Crippen molar-refractivity contribution in [1.82, 2.24) is 19.7 Å². The van der Waals surface area contributed by atoms with Gasteiger partial charge >= 0.3 is 6.18 Å². The van der Waals surface area contributed by atoms with E-state index in [2.05, 4.69) is 22.9 Å². The third-order valence-corrected chi connectivity index (χ3v) is 8.11. The fraction of sp³-hybridized carbons (Fsp3) is 0.586. The normalized spacial score (nSPS) is 20.9. The second kappa shape index (κ2) is 12.8. The molecule has 1 aromatic heterocycles. The van der Waals surface area contributed by atoms with Crippen molar-refractivity contribution in [1.29, 1.82) is 0 Å². The molecule has 0 aliphatic carbocycles. The molecule has 3 atom stereocenters. The van der Waals surface area contributed by atoms with Crippen LogP contribution in [0.2, 0.25) is 0 Å². The number of ether oxygens (including phenoxy) is 1. The largest absolute Gasteiger partial charge is 0.491 e. The van der Waals surface area contributed by atoms with Crippen molar-refractivity contribution in [3.63, 3.8) is 0 Å². The highest BCUT2D eigenvalue weighted by Crippen LogP contribution is 2.39. The molecular weight excluding hydrogens is 525 g/mol. The zero-order valence-corrected chi connectivity index (χ0v) is 23.3. The molecule has 0 saturated carbocycles. The van der Waals surface area contributed by atoms with Crippen molar-refractivity contribution in [2.24, 2.45) is 0 Å². The van der Waals surface area contributed by atoms with Crippen LogP contribution in [0.15, 0.2) is 30.5 Å². The molecule has 0 radical (unpaired) electrons. The topological polar surface area (TPSA) is 89.4 Å². The lowest BCUT2D eigenvalue weighted by Gasteiger charge is -2.48. The molecule has 40 heavy (non-hydrogen) atoms. The number of amides is 1. The van der Waals surface area contributed by atoms with Crippen molar-refractivity contribution in [3.8, 4) is 5.75 Å². The van der Waals surface area contributed by atoms with Gasteiger partial charge in [-0.05, 0) is 75.0 Å². The number of likely N-dealkylation sites (N-methyl/N-ethyl adjacent to an activating group) is 1. The molecule has 2 N–H and O–H groups in total. The number of benzene rings is 1. The van der Waals surface area contributed by atoms with E-state index in [9.17, 15) is 23.1 Å². The minimum Gasteiger partial charge on any atom is -0.491 e. The average Bonchev–Trinajstić information content (AvgIpc) is 2.92. The molecule has 11 heteroatoms.